The van der Waals surface area contributed by atoms with Gasteiger partial charge in [0.25, 0.3) is 0 Å². The number of thiocarbonyl (C=S) groups is 1. The van der Waals surface area contributed by atoms with E-state index in [2.05, 4.69) is 29.0 Å². The van der Waals surface area contributed by atoms with Crippen LogP contribution in [0.1, 0.15) is 13.8 Å². The van der Waals surface area contributed by atoms with Gasteiger partial charge in [-0.05, 0) is 25.7 Å². The summed E-state index contributed by atoms with van der Waals surface area (Å²) in [4.78, 5) is 22.9. The predicted molar refractivity (Wildman–Crippen MR) is 75.2 cm³/mol. The number of carbonyl (C=O) groups is 2. The first-order valence-electron chi connectivity index (χ1n) is 6.13. The van der Waals surface area contributed by atoms with Gasteiger partial charge in [-0.15, -0.1) is 0 Å². The van der Waals surface area contributed by atoms with Crippen LogP contribution in [0.2, 0.25) is 0 Å². The van der Waals surface area contributed by atoms with E-state index in [1.165, 1.54) is 0 Å². The molecule has 3 N–H and O–H groups in total. The molecule has 1 fully saturated rings. The highest BCUT2D eigenvalue weighted by Crippen LogP contribution is 2.01. The van der Waals surface area contributed by atoms with Gasteiger partial charge in [0, 0.05) is 32.7 Å². The zero-order chi connectivity index (χ0) is 14.8. The largest absolute Gasteiger partial charge is 0.473 e. The van der Waals surface area contributed by atoms with Crippen LogP contribution in [0, 0.1) is 0 Å². The number of nitrogens with zero attached hydrogens (tertiary/aromatic N) is 2. The Kier molecular flexibility index (Phi) is 8.81. The summed E-state index contributed by atoms with van der Waals surface area (Å²) in [5.74, 6) is -3.65. The van der Waals surface area contributed by atoms with E-state index in [-0.39, 0.29) is 0 Å². The number of likely N-dealkylation sites (N-methyl/N-ethyl adjacent to an activating group) is 1. The van der Waals surface area contributed by atoms with E-state index in [0.717, 1.165) is 44.4 Å². The van der Waals surface area contributed by atoms with Crippen molar-refractivity contribution in [1.82, 2.24) is 15.1 Å². The monoisotopic (exact) mass is 291 g/mol. The maximum Gasteiger partial charge on any atom is 0.414 e. The van der Waals surface area contributed by atoms with Crippen LogP contribution < -0.4 is 5.32 Å². The van der Waals surface area contributed by atoms with E-state index in [4.69, 9.17) is 32.0 Å². The topological polar surface area (TPSA) is 93.1 Å². The lowest BCUT2D eigenvalue weighted by atomic mass is 10.3. The standard InChI is InChI=1S/C9H19N3S.C2H2O4/c1-3-10-9(13)12-7-5-11(4-2)6-8-12;3-1(4)2(5)6/h3-8H2,1-2H3,(H,10,13);(H,3,4)(H,5,6). The van der Waals surface area contributed by atoms with Crippen molar-refractivity contribution < 1.29 is 19.8 Å². The first-order chi connectivity index (χ1) is 8.92. The van der Waals surface area contributed by atoms with Gasteiger partial charge in [-0.3, -0.25) is 0 Å². The van der Waals surface area contributed by atoms with Crippen molar-refractivity contribution in [3.8, 4) is 0 Å². The minimum Gasteiger partial charge on any atom is -0.473 e. The van der Waals surface area contributed by atoms with E-state index in [1.807, 2.05) is 0 Å². The highest BCUT2D eigenvalue weighted by molar-refractivity contribution is 7.80. The van der Waals surface area contributed by atoms with Crippen LogP contribution >= 0.6 is 12.2 Å². The molecule has 0 amide bonds. The van der Waals surface area contributed by atoms with Crippen molar-refractivity contribution in [2.45, 2.75) is 13.8 Å². The second kappa shape index (κ2) is 9.51. The number of rotatable bonds is 2. The fourth-order valence-corrected chi connectivity index (χ4v) is 1.86. The molecule has 0 aromatic rings. The molecule has 8 heteroatoms. The van der Waals surface area contributed by atoms with Gasteiger partial charge in [0.2, 0.25) is 0 Å². The summed E-state index contributed by atoms with van der Waals surface area (Å²) in [6, 6.07) is 0. The molecule has 1 saturated heterocycles. The predicted octanol–water partition coefficient (Wildman–Crippen LogP) is -0.326. The molecular formula is C11H21N3O4S. The second-order valence-corrected chi connectivity index (χ2v) is 4.25. The van der Waals surface area contributed by atoms with Crippen molar-refractivity contribution >= 4 is 29.3 Å². The third kappa shape index (κ3) is 7.58. The summed E-state index contributed by atoms with van der Waals surface area (Å²) in [7, 11) is 0. The molecule has 0 bridgehead atoms. The number of hydrogen-bond acceptors (Lipinski definition) is 4. The molecular weight excluding hydrogens is 270 g/mol. The summed E-state index contributed by atoms with van der Waals surface area (Å²) in [5.41, 5.74) is 0. The number of piperazine rings is 1. The average Bonchev–Trinajstić information content (AvgIpc) is 2.39. The van der Waals surface area contributed by atoms with Crippen molar-refractivity contribution in [1.29, 1.82) is 0 Å². The van der Waals surface area contributed by atoms with E-state index in [0.29, 0.717) is 0 Å². The average molecular weight is 291 g/mol. The number of aliphatic carboxylic acids is 2. The van der Waals surface area contributed by atoms with Crippen LogP contribution in [-0.2, 0) is 9.59 Å². The van der Waals surface area contributed by atoms with Crippen molar-refractivity contribution in [3.63, 3.8) is 0 Å². The maximum atomic E-state index is 9.10. The molecule has 0 aliphatic carbocycles. The molecule has 19 heavy (non-hydrogen) atoms. The number of carboxylic acids is 2. The quantitative estimate of drug-likeness (QED) is 0.470. The van der Waals surface area contributed by atoms with Crippen molar-refractivity contribution in [2.75, 3.05) is 39.3 Å². The van der Waals surface area contributed by atoms with Gasteiger partial charge in [-0.2, -0.15) is 0 Å². The van der Waals surface area contributed by atoms with Gasteiger partial charge < -0.3 is 25.3 Å². The van der Waals surface area contributed by atoms with E-state index < -0.39 is 11.9 Å². The maximum absolute atomic E-state index is 9.10. The Morgan fingerprint density at radius 2 is 1.58 bits per heavy atom. The third-order valence-electron chi connectivity index (χ3n) is 2.62. The molecule has 0 unspecified atom stereocenters. The molecule has 7 nitrogen and oxygen atoms in total. The molecule has 1 aliphatic rings. The highest BCUT2D eigenvalue weighted by atomic mass is 32.1. The third-order valence-corrected chi connectivity index (χ3v) is 3.02. The van der Waals surface area contributed by atoms with Crippen LogP contribution in [0.3, 0.4) is 0 Å². The number of hydrogen-bond donors (Lipinski definition) is 3. The van der Waals surface area contributed by atoms with Gasteiger partial charge >= 0.3 is 11.9 Å². The summed E-state index contributed by atoms with van der Waals surface area (Å²) in [6.07, 6.45) is 0. The summed E-state index contributed by atoms with van der Waals surface area (Å²) in [6.45, 7) is 10.8. The Labute approximate surface area is 118 Å². The van der Waals surface area contributed by atoms with E-state index in [9.17, 15) is 0 Å². The lowest BCUT2D eigenvalue weighted by molar-refractivity contribution is -0.159. The summed E-state index contributed by atoms with van der Waals surface area (Å²) in [5, 5.41) is 18.9. The normalized spacial score (nSPS) is 15.2. The van der Waals surface area contributed by atoms with Gasteiger partial charge in [0.1, 0.15) is 0 Å². The molecule has 110 valence electrons. The van der Waals surface area contributed by atoms with Gasteiger partial charge in [0.15, 0.2) is 5.11 Å². The fourth-order valence-electron chi connectivity index (χ4n) is 1.53. The van der Waals surface area contributed by atoms with Crippen LogP contribution in [0.5, 0.6) is 0 Å². The Morgan fingerprint density at radius 1 is 1.11 bits per heavy atom. The molecule has 1 rings (SSSR count). The molecule has 0 radical (unpaired) electrons. The lowest BCUT2D eigenvalue weighted by Crippen LogP contribution is -2.51. The molecule has 0 aromatic carbocycles. The number of carboxylic acid groups (broad SMARTS) is 2. The number of nitrogens with one attached hydrogen (secondary N) is 1. The first-order valence-corrected chi connectivity index (χ1v) is 6.54. The van der Waals surface area contributed by atoms with Crippen molar-refractivity contribution in [3.05, 3.63) is 0 Å². The summed E-state index contributed by atoms with van der Waals surface area (Å²) >= 11 is 5.24. The SMILES string of the molecule is CCNC(=S)N1CCN(CC)CC1.O=C(O)C(=O)O. The van der Waals surface area contributed by atoms with Crippen LogP contribution in [0.25, 0.3) is 0 Å². The second-order valence-electron chi connectivity index (χ2n) is 3.87. The zero-order valence-corrected chi connectivity index (χ0v) is 12.1. The van der Waals surface area contributed by atoms with Gasteiger partial charge in [0.05, 0.1) is 0 Å². The van der Waals surface area contributed by atoms with Gasteiger partial charge in [-0.25, -0.2) is 9.59 Å². The van der Waals surface area contributed by atoms with Crippen LogP contribution in [0.15, 0.2) is 0 Å². The van der Waals surface area contributed by atoms with E-state index in [1.54, 1.807) is 0 Å². The molecule has 0 atom stereocenters. The fraction of sp³-hybridized carbons (Fsp3) is 0.727. The minimum atomic E-state index is -1.82. The molecule has 0 aromatic heterocycles. The molecule has 0 saturated carbocycles. The van der Waals surface area contributed by atoms with Crippen molar-refractivity contribution in [2.24, 2.45) is 0 Å². The Balaban J connectivity index is 0.000000459. The Morgan fingerprint density at radius 3 is 1.89 bits per heavy atom. The van der Waals surface area contributed by atoms with Gasteiger partial charge in [-0.1, -0.05) is 6.92 Å². The smallest absolute Gasteiger partial charge is 0.414 e. The Bertz CT molecular complexity index is 305. The molecule has 1 heterocycles. The lowest BCUT2D eigenvalue weighted by Gasteiger charge is -2.35. The van der Waals surface area contributed by atoms with E-state index >= 15 is 0 Å². The van der Waals surface area contributed by atoms with Crippen LogP contribution in [0.4, 0.5) is 0 Å². The highest BCUT2D eigenvalue weighted by Gasteiger charge is 2.16. The van der Waals surface area contributed by atoms with Crippen LogP contribution in [-0.4, -0.2) is 76.3 Å². The summed E-state index contributed by atoms with van der Waals surface area (Å²) < 4.78 is 0. The molecule has 1 aliphatic heterocycles. The molecule has 0 spiro atoms. The first kappa shape index (κ1) is 17.6. The Hall–Kier alpha value is -1.41. The minimum absolute atomic E-state index is 0.915. The zero-order valence-electron chi connectivity index (χ0n) is 11.3.